The molecule has 0 aromatic heterocycles. The number of nitrogens with zero attached hydrogens (tertiary/aromatic N) is 3. The van der Waals surface area contributed by atoms with Gasteiger partial charge in [-0.05, 0) is 12.5 Å². The highest BCUT2D eigenvalue weighted by atomic mass is 35.5. The van der Waals surface area contributed by atoms with Crippen LogP contribution in [0.2, 0.25) is 0 Å². The van der Waals surface area contributed by atoms with E-state index in [4.69, 9.17) is 11.3 Å². The monoisotopic (exact) mass is 122 g/mol. The smallest absolute Gasteiger partial charge is 0.0807 e. The van der Waals surface area contributed by atoms with Crippen molar-refractivity contribution in [1.29, 1.82) is 0 Å². The Balaban J connectivity index is 0. The molecule has 0 radical (unpaired) electrons. The van der Waals surface area contributed by atoms with Gasteiger partial charge in [-0.15, -0.1) is 12.4 Å². The Hall–Kier alpha value is -0.440. The molecule has 0 aliphatic heterocycles. The van der Waals surface area contributed by atoms with Gasteiger partial charge in [-0.2, -0.15) is 0 Å². The maximum absolute atomic E-state index is 7.62. The molecule has 0 saturated heterocycles. The third-order valence-electron chi connectivity index (χ3n) is 0.234. The normalized spacial score (nSPS) is 10.6. The van der Waals surface area contributed by atoms with Crippen LogP contribution in [-0.2, 0) is 0 Å². The lowest BCUT2D eigenvalue weighted by atomic mass is 10.7. The zero-order valence-corrected chi connectivity index (χ0v) is 4.72. The Bertz CT molecular complexity index is 73.8. The van der Waals surface area contributed by atoms with E-state index in [1.807, 2.05) is 0 Å². The SMILES string of the molecule is CC(N)N=[N+]=[N-].Cl. The van der Waals surface area contributed by atoms with Crippen LogP contribution in [0.25, 0.3) is 10.4 Å². The Morgan fingerprint density at radius 2 is 2.29 bits per heavy atom. The van der Waals surface area contributed by atoms with E-state index in [1.165, 1.54) is 0 Å². The second kappa shape index (κ2) is 5.56. The van der Waals surface area contributed by atoms with Gasteiger partial charge in [0.25, 0.3) is 0 Å². The molecule has 7 heavy (non-hydrogen) atoms. The van der Waals surface area contributed by atoms with Gasteiger partial charge in [0.1, 0.15) is 0 Å². The molecule has 0 aromatic rings. The molecule has 0 amide bonds. The van der Waals surface area contributed by atoms with Crippen molar-refractivity contribution in [2.24, 2.45) is 10.8 Å². The highest BCUT2D eigenvalue weighted by molar-refractivity contribution is 5.85. The summed E-state index contributed by atoms with van der Waals surface area (Å²) in [4.78, 5) is 2.44. The second-order valence-corrected chi connectivity index (χ2v) is 0.946. The summed E-state index contributed by atoms with van der Waals surface area (Å²) in [6.45, 7) is 1.61. The van der Waals surface area contributed by atoms with Gasteiger partial charge in [-0.1, -0.05) is 5.11 Å². The molecule has 2 N–H and O–H groups in total. The molecule has 0 bridgehead atoms. The van der Waals surface area contributed by atoms with Crippen molar-refractivity contribution >= 4 is 12.4 Å². The summed E-state index contributed by atoms with van der Waals surface area (Å²) < 4.78 is 0. The van der Waals surface area contributed by atoms with Gasteiger partial charge >= 0.3 is 0 Å². The fourth-order valence-corrected chi connectivity index (χ4v) is 0.0815. The second-order valence-electron chi connectivity index (χ2n) is 0.946. The van der Waals surface area contributed by atoms with E-state index >= 15 is 0 Å². The Morgan fingerprint density at radius 1 is 1.86 bits per heavy atom. The van der Waals surface area contributed by atoms with Crippen molar-refractivity contribution < 1.29 is 0 Å². The molecule has 4 nitrogen and oxygen atoms in total. The fraction of sp³-hybridized carbons (Fsp3) is 1.00. The van der Waals surface area contributed by atoms with E-state index < -0.39 is 6.17 Å². The van der Waals surface area contributed by atoms with Crippen molar-refractivity contribution in [1.82, 2.24) is 0 Å². The van der Waals surface area contributed by atoms with Crippen molar-refractivity contribution in [3.05, 3.63) is 10.4 Å². The van der Waals surface area contributed by atoms with Gasteiger partial charge in [0, 0.05) is 4.91 Å². The third kappa shape index (κ3) is 10.8. The first-order valence-electron chi connectivity index (χ1n) is 1.57. The number of hydrogen-bond donors (Lipinski definition) is 1. The highest BCUT2D eigenvalue weighted by Gasteiger charge is 1.77. The minimum atomic E-state index is -0.394. The number of halogens is 1. The Morgan fingerprint density at radius 3 is 2.29 bits per heavy atom. The zero-order valence-electron chi connectivity index (χ0n) is 3.90. The molecular weight excluding hydrogens is 116 g/mol. The van der Waals surface area contributed by atoms with Crippen molar-refractivity contribution in [3.63, 3.8) is 0 Å². The molecule has 1 atom stereocenters. The molecule has 5 heteroatoms. The van der Waals surface area contributed by atoms with Crippen LogP contribution in [0.5, 0.6) is 0 Å². The molecule has 0 aliphatic rings. The summed E-state index contributed by atoms with van der Waals surface area (Å²) >= 11 is 0. The molecular formula is C2H7ClN4. The predicted octanol–water partition coefficient (Wildman–Crippen LogP) is 1.02. The lowest BCUT2D eigenvalue weighted by Crippen LogP contribution is -2.08. The van der Waals surface area contributed by atoms with Crippen molar-refractivity contribution in [2.75, 3.05) is 0 Å². The summed E-state index contributed by atoms with van der Waals surface area (Å²) in [6.07, 6.45) is -0.394. The molecule has 0 aromatic carbocycles. The average Bonchev–Trinajstić information content (AvgIpc) is 1.35. The molecule has 0 rings (SSSR count). The molecule has 0 aliphatic carbocycles. The van der Waals surface area contributed by atoms with E-state index in [-0.39, 0.29) is 12.4 Å². The molecule has 0 fully saturated rings. The van der Waals surface area contributed by atoms with Gasteiger partial charge in [-0.3, -0.25) is 0 Å². The first-order chi connectivity index (χ1) is 2.77. The minimum Gasteiger partial charge on any atom is -0.323 e. The van der Waals surface area contributed by atoms with Crippen molar-refractivity contribution in [2.45, 2.75) is 13.1 Å². The standard InChI is InChI=1S/C2H6N4.ClH/c1-2(3)5-6-4;/h2H,3H2,1H3;1H. The first-order valence-corrected chi connectivity index (χ1v) is 1.57. The van der Waals surface area contributed by atoms with Crippen LogP contribution >= 0.6 is 12.4 Å². The Labute approximate surface area is 47.7 Å². The molecule has 0 spiro atoms. The van der Waals surface area contributed by atoms with Gasteiger partial charge in [0.2, 0.25) is 0 Å². The average molecular weight is 123 g/mol. The summed E-state index contributed by atoms with van der Waals surface area (Å²) in [6, 6.07) is 0. The molecule has 42 valence electrons. The number of rotatable bonds is 1. The maximum Gasteiger partial charge on any atom is 0.0807 e. The molecule has 0 heterocycles. The largest absolute Gasteiger partial charge is 0.323 e. The fourth-order valence-electron chi connectivity index (χ4n) is 0.0815. The summed E-state index contributed by atoms with van der Waals surface area (Å²) in [5.74, 6) is 0. The zero-order chi connectivity index (χ0) is 4.99. The number of azide groups is 1. The van der Waals surface area contributed by atoms with E-state index in [0.717, 1.165) is 0 Å². The predicted molar refractivity (Wildman–Crippen MR) is 30.0 cm³/mol. The van der Waals surface area contributed by atoms with Gasteiger partial charge < -0.3 is 5.73 Å². The lowest BCUT2D eigenvalue weighted by molar-refractivity contribution is 0.781. The van der Waals surface area contributed by atoms with Crippen LogP contribution in [0, 0.1) is 0 Å². The van der Waals surface area contributed by atoms with Crippen molar-refractivity contribution in [3.8, 4) is 0 Å². The van der Waals surface area contributed by atoms with Crippen LogP contribution < -0.4 is 5.73 Å². The van der Waals surface area contributed by atoms with Crippen LogP contribution in [-0.4, -0.2) is 6.17 Å². The Kier molecular flexibility index (Phi) is 7.75. The van der Waals surface area contributed by atoms with E-state index in [2.05, 4.69) is 10.0 Å². The quantitative estimate of drug-likeness (QED) is 0.315. The van der Waals surface area contributed by atoms with Crippen LogP contribution in [0.3, 0.4) is 0 Å². The molecule has 0 saturated carbocycles. The summed E-state index contributed by atoms with van der Waals surface area (Å²) in [5.41, 5.74) is 12.6. The van der Waals surface area contributed by atoms with Gasteiger partial charge in [0.15, 0.2) is 0 Å². The summed E-state index contributed by atoms with van der Waals surface area (Å²) in [5, 5.41) is 3.08. The number of hydrogen-bond acceptors (Lipinski definition) is 2. The van der Waals surface area contributed by atoms with Gasteiger partial charge in [0.05, 0.1) is 6.17 Å². The summed E-state index contributed by atoms with van der Waals surface area (Å²) in [7, 11) is 0. The highest BCUT2D eigenvalue weighted by Crippen LogP contribution is 1.72. The van der Waals surface area contributed by atoms with Gasteiger partial charge in [-0.25, -0.2) is 0 Å². The first kappa shape index (κ1) is 9.75. The third-order valence-corrected chi connectivity index (χ3v) is 0.234. The van der Waals surface area contributed by atoms with E-state index in [1.54, 1.807) is 6.92 Å². The van der Waals surface area contributed by atoms with Crippen LogP contribution in [0.15, 0.2) is 5.11 Å². The number of nitrogens with two attached hydrogens (primary N) is 1. The van der Waals surface area contributed by atoms with E-state index in [0.29, 0.717) is 0 Å². The maximum atomic E-state index is 7.62. The van der Waals surface area contributed by atoms with Crippen LogP contribution in [0.4, 0.5) is 0 Å². The molecule has 1 unspecified atom stereocenters. The lowest BCUT2D eigenvalue weighted by Gasteiger charge is -1.83. The topological polar surface area (TPSA) is 74.8 Å². The minimum absolute atomic E-state index is 0. The van der Waals surface area contributed by atoms with Crippen LogP contribution in [0.1, 0.15) is 6.92 Å². The van der Waals surface area contributed by atoms with E-state index in [9.17, 15) is 0 Å².